The first-order valence-electron chi connectivity index (χ1n) is 4.30. The molecule has 80 valence electrons. The van der Waals surface area contributed by atoms with Crippen molar-refractivity contribution in [2.45, 2.75) is 40.2 Å². The van der Waals surface area contributed by atoms with Crippen LogP contribution in [0.15, 0.2) is 11.8 Å². The molecule has 0 atom stereocenters. The van der Waals surface area contributed by atoms with E-state index >= 15 is 0 Å². The third-order valence-corrected chi connectivity index (χ3v) is 1.04. The van der Waals surface area contributed by atoms with Crippen molar-refractivity contribution >= 4 is 11.9 Å². The zero-order valence-corrected chi connectivity index (χ0v) is 9.21. The van der Waals surface area contributed by atoms with Crippen molar-refractivity contribution in [3.8, 4) is 0 Å². The van der Waals surface area contributed by atoms with Crippen LogP contribution in [-0.4, -0.2) is 17.5 Å². The number of ether oxygens (including phenoxy) is 2. The summed E-state index contributed by atoms with van der Waals surface area (Å²) in [6, 6.07) is 0. The van der Waals surface area contributed by atoms with E-state index in [0.717, 1.165) is 0 Å². The number of allylic oxidation sites excluding steroid dienone is 2. The monoisotopic (exact) mass is 200 g/mol. The highest BCUT2D eigenvalue weighted by molar-refractivity contribution is 5.87. The molecule has 0 fully saturated rings. The molecule has 0 saturated carbocycles. The van der Waals surface area contributed by atoms with Gasteiger partial charge in [0.1, 0.15) is 11.4 Å². The lowest BCUT2D eigenvalue weighted by molar-refractivity contribution is -0.112. The van der Waals surface area contributed by atoms with Gasteiger partial charge in [-0.25, -0.2) is 4.79 Å². The van der Waals surface area contributed by atoms with Gasteiger partial charge in [-0.05, 0) is 34.6 Å². The average Bonchev–Trinajstić information content (AvgIpc) is 1.77. The quantitative estimate of drug-likeness (QED) is 0.390. The highest BCUT2D eigenvalue weighted by Gasteiger charge is 2.17. The summed E-state index contributed by atoms with van der Waals surface area (Å²) in [6.45, 7) is 8.10. The number of ketones is 1. The van der Waals surface area contributed by atoms with E-state index in [-0.39, 0.29) is 11.5 Å². The standard InChI is InChI=1S/C10H16O4/c1-7(11)6-8(2)13-9(12)14-10(3,4)5/h6H,1-5H3. The predicted molar refractivity (Wildman–Crippen MR) is 51.8 cm³/mol. The molecule has 0 aliphatic rings. The van der Waals surface area contributed by atoms with Gasteiger partial charge in [0.2, 0.25) is 0 Å². The summed E-state index contributed by atoms with van der Waals surface area (Å²) >= 11 is 0. The summed E-state index contributed by atoms with van der Waals surface area (Å²) < 4.78 is 9.59. The second kappa shape index (κ2) is 4.79. The molecular formula is C10H16O4. The van der Waals surface area contributed by atoms with Crippen LogP contribution in [0.4, 0.5) is 4.79 Å². The lowest BCUT2D eigenvalue weighted by Gasteiger charge is -2.18. The van der Waals surface area contributed by atoms with Crippen LogP contribution in [0, 0.1) is 0 Å². The predicted octanol–water partition coefficient (Wildman–Crippen LogP) is 2.43. The van der Waals surface area contributed by atoms with Crippen LogP contribution in [0.1, 0.15) is 34.6 Å². The van der Waals surface area contributed by atoms with Crippen LogP contribution in [-0.2, 0) is 14.3 Å². The third-order valence-electron chi connectivity index (χ3n) is 1.04. The summed E-state index contributed by atoms with van der Waals surface area (Å²) in [5.74, 6) is 0.0535. The minimum Gasteiger partial charge on any atom is -0.428 e. The zero-order chi connectivity index (χ0) is 11.4. The van der Waals surface area contributed by atoms with Gasteiger partial charge in [0.25, 0.3) is 0 Å². The smallest absolute Gasteiger partial charge is 0.428 e. The highest BCUT2D eigenvalue weighted by Crippen LogP contribution is 2.10. The Morgan fingerprint density at radius 2 is 1.64 bits per heavy atom. The average molecular weight is 200 g/mol. The number of hydrogen-bond acceptors (Lipinski definition) is 4. The van der Waals surface area contributed by atoms with Crippen LogP contribution >= 0.6 is 0 Å². The van der Waals surface area contributed by atoms with Gasteiger partial charge in [0.15, 0.2) is 5.78 Å². The fourth-order valence-electron chi connectivity index (χ4n) is 0.718. The first-order chi connectivity index (χ1) is 6.20. The zero-order valence-electron chi connectivity index (χ0n) is 9.21. The minimum atomic E-state index is -0.799. The van der Waals surface area contributed by atoms with Gasteiger partial charge >= 0.3 is 6.16 Å². The topological polar surface area (TPSA) is 52.6 Å². The molecule has 0 unspecified atom stereocenters. The normalized spacial score (nSPS) is 12.2. The first-order valence-corrected chi connectivity index (χ1v) is 4.30. The maximum atomic E-state index is 11.1. The molecular weight excluding hydrogens is 184 g/mol. The maximum absolute atomic E-state index is 11.1. The molecule has 0 aromatic heterocycles. The Kier molecular flexibility index (Phi) is 4.34. The number of rotatable bonds is 2. The number of hydrogen-bond donors (Lipinski definition) is 0. The van der Waals surface area contributed by atoms with Gasteiger partial charge in [-0.2, -0.15) is 0 Å². The van der Waals surface area contributed by atoms with E-state index in [4.69, 9.17) is 9.47 Å². The van der Waals surface area contributed by atoms with E-state index in [2.05, 4.69) is 0 Å². The maximum Gasteiger partial charge on any atom is 0.514 e. The molecule has 0 radical (unpaired) electrons. The third kappa shape index (κ3) is 7.34. The number of carbonyl (C=O) groups excluding carboxylic acids is 2. The van der Waals surface area contributed by atoms with Crippen molar-refractivity contribution in [2.24, 2.45) is 0 Å². The van der Waals surface area contributed by atoms with Crippen molar-refractivity contribution in [3.05, 3.63) is 11.8 Å². The van der Waals surface area contributed by atoms with Crippen molar-refractivity contribution in [1.82, 2.24) is 0 Å². The molecule has 0 aliphatic carbocycles. The van der Waals surface area contributed by atoms with E-state index < -0.39 is 11.8 Å². The molecule has 0 rings (SSSR count). The lowest BCUT2D eigenvalue weighted by atomic mass is 10.2. The lowest BCUT2D eigenvalue weighted by Crippen LogP contribution is -2.24. The summed E-state index contributed by atoms with van der Waals surface area (Å²) in [5, 5.41) is 0. The van der Waals surface area contributed by atoms with Gasteiger partial charge in [-0.3, -0.25) is 4.79 Å². The molecule has 4 nitrogen and oxygen atoms in total. The van der Waals surface area contributed by atoms with Crippen LogP contribution in [0.5, 0.6) is 0 Å². The van der Waals surface area contributed by atoms with Gasteiger partial charge in [0.05, 0.1) is 0 Å². The Morgan fingerprint density at radius 1 is 1.14 bits per heavy atom. The summed E-state index contributed by atoms with van der Waals surface area (Å²) in [7, 11) is 0. The van der Waals surface area contributed by atoms with Gasteiger partial charge in [-0.15, -0.1) is 0 Å². The summed E-state index contributed by atoms with van der Waals surface area (Å²) in [4.78, 5) is 21.7. The summed E-state index contributed by atoms with van der Waals surface area (Å²) in [5.41, 5.74) is -0.590. The number of carbonyl (C=O) groups is 2. The Bertz CT molecular complexity index is 258. The van der Waals surface area contributed by atoms with Crippen molar-refractivity contribution in [3.63, 3.8) is 0 Å². The van der Waals surface area contributed by atoms with Gasteiger partial charge in [0, 0.05) is 6.08 Å². The van der Waals surface area contributed by atoms with E-state index in [1.54, 1.807) is 20.8 Å². The fourth-order valence-corrected chi connectivity index (χ4v) is 0.718. The van der Waals surface area contributed by atoms with Crippen molar-refractivity contribution in [2.75, 3.05) is 0 Å². The van der Waals surface area contributed by atoms with Crippen molar-refractivity contribution < 1.29 is 19.1 Å². The van der Waals surface area contributed by atoms with Crippen LogP contribution in [0.2, 0.25) is 0 Å². The second-order valence-corrected chi connectivity index (χ2v) is 3.93. The Labute approximate surface area is 83.9 Å². The van der Waals surface area contributed by atoms with Crippen LogP contribution in [0.3, 0.4) is 0 Å². The Balaban J connectivity index is 4.14. The molecule has 4 heteroatoms. The second-order valence-electron chi connectivity index (χ2n) is 3.93. The Morgan fingerprint density at radius 3 is 2.00 bits per heavy atom. The molecule has 0 bridgehead atoms. The van der Waals surface area contributed by atoms with Gasteiger partial charge in [-0.1, -0.05) is 0 Å². The van der Waals surface area contributed by atoms with E-state index in [0.29, 0.717) is 0 Å². The largest absolute Gasteiger partial charge is 0.514 e. The van der Waals surface area contributed by atoms with E-state index in [1.165, 1.54) is 19.9 Å². The van der Waals surface area contributed by atoms with E-state index in [1.807, 2.05) is 0 Å². The molecule has 0 amide bonds. The van der Waals surface area contributed by atoms with E-state index in [9.17, 15) is 9.59 Å². The molecule has 0 heterocycles. The summed E-state index contributed by atoms with van der Waals surface area (Å²) in [6.07, 6.45) is 0.427. The first kappa shape index (κ1) is 12.7. The highest BCUT2D eigenvalue weighted by atomic mass is 16.7. The van der Waals surface area contributed by atoms with Crippen LogP contribution in [0.25, 0.3) is 0 Å². The van der Waals surface area contributed by atoms with Crippen molar-refractivity contribution in [1.29, 1.82) is 0 Å². The fraction of sp³-hybridized carbons (Fsp3) is 0.600. The molecule has 0 N–H and O–H groups in total. The molecule has 0 spiro atoms. The SMILES string of the molecule is CC(=O)C=C(C)OC(=O)OC(C)(C)C. The molecule has 0 aliphatic heterocycles. The van der Waals surface area contributed by atoms with Gasteiger partial charge < -0.3 is 9.47 Å². The molecule has 14 heavy (non-hydrogen) atoms. The molecule has 0 aromatic rings. The molecule has 0 saturated heterocycles. The Hall–Kier alpha value is -1.32. The van der Waals surface area contributed by atoms with Crippen LogP contribution < -0.4 is 0 Å². The molecule has 0 aromatic carbocycles. The minimum absolute atomic E-state index is 0.175.